The predicted octanol–water partition coefficient (Wildman–Crippen LogP) is 3.99. The van der Waals surface area contributed by atoms with Crippen LogP contribution in [0.4, 0.5) is 0 Å². The molecule has 3 rings (SSSR count). The molecule has 1 aromatic carbocycles. The number of amides is 1. The molecule has 0 bridgehead atoms. The van der Waals surface area contributed by atoms with Crippen LogP contribution in [0.25, 0.3) is 10.1 Å². The van der Waals surface area contributed by atoms with E-state index in [0.717, 1.165) is 36.9 Å². The predicted molar refractivity (Wildman–Crippen MR) is 81.2 cm³/mol. The van der Waals surface area contributed by atoms with Gasteiger partial charge in [0.05, 0.1) is 5.56 Å². The Morgan fingerprint density at radius 3 is 3.11 bits per heavy atom. The first-order valence-electron chi connectivity index (χ1n) is 6.61. The topological polar surface area (TPSA) is 20.3 Å². The molecule has 1 aliphatic heterocycles. The zero-order valence-corrected chi connectivity index (χ0v) is 12.2. The van der Waals surface area contributed by atoms with Crippen molar-refractivity contribution in [3.63, 3.8) is 0 Å². The summed E-state index contributed by atoms with van der Waals surface area (Å²) in [5, 5.41) is 3.06. The molecule has 2 heterocycles. The molecule has 2 nitrogen and oxygen atoms in total. The number of rotatable bonds is 2. The van der Waals surface area contributed by atoms with Gasteiger partial charge in [-0.1, -0.05) is 18.2 Å². The highest BCUT2D eigenvalue weighted by atomic mass is 35.5. The van der Waals surface area contributed by atoms with Gasteiger partial charge in [-0.2, -0.15) is 0 Å². The first kappa shape index (κ1) is 12.9. The molecule has 1 saturated heterocycles. The van der Waals surface area contributed by atoms with Crippen LogP contribution in [0, 0.1) is 5.92 Å². The van der Waals surface area contributed by atoms with E-state index >= 15 is 0 Å². The molecule has 4 heteroatoms. The third-order valence-electron chi connectivity index (χ3n) is 3.74. The lowest BCUT2D eigenvalue weighted by molar-refractivity contribution is 0.0687. The summed E-state index contributed by atoms with van der Waals surface area (Å²) < 4.78 is 1.18. The molecule has 1 atom stereocenters. The van der Waals surface area contributed by atoms with Gasteiger partial charge in [0.2, 0.25) is 0 Å². The van der Waals surface area contributed by atoms with Crippen molar-refractivity contribution in [2.45, 2.75) is 12.8 Å². The lowest BCUT2D eigenvalue weighted by atomic mass is 9.99. The molecule has 0 N–H and O–H groups in total. The summed E-state index contributed by atoms with van der Waals surface area (Å²) in [5.74, 6) is 1.25. The number of carbonyl (C=O) groups excluding carboxylic acids is 1. The molecule has 19 heavy (non-hydrogen) atoms. The molecule has 0 radical (unpaired) electrons. The van der Waals surface area contributed by atoms with Crippen molar-refractivity contribution in [2.75, 3.05) is 19.0 Å². The zero-order valence-electron chi connectivity index (χ0n) is 10.6. The minimum Gasteiger partial charge on any atom is -0.338 e. The number of halogens is 1. The normalized spacial score (nSPS) is 19.8. The van der Waals surface area contributed by atoms with Crippen LogP contribution < -0.4 is 0 Å². The second-order valence-corrected chi connectivity index (χ2v) is 6.28. The fourth-order valence-electron chi connectivity index (χ4n) is 2.69. The van der Waals surface area contributed by atoms with E-state index in [1.165, 1.54) is 4.70 Å². The van der Waals surface area contributed by atoms with Gasteiger partial charge in [0.25, 0.3) is 5.91 Å². The molecule has 2 aromatic rings. The number of alkyl halides is 1. The van der Waals surface area contributed by atoms with Crippen LogP contribution in [-0.2, 0) is 0 Å². The Bertz CT molecular complexity index is 595. The van der Waals surface area contributed by atoms with Crippen LogP contribution >= 0.6 is 22.9 Å². The molecule has 1 aromatic heterocycles. The second-order valence-electron chi connectivity index (χ2n) is 5.06. The van der Waals surface area contributed by atoms with Gasteiger partial charge in [-0.3, -0.25) is 4.79 Å². The zero-order chi connectivity index (χ0) is 13.2. The van der Waals surface area contributed by atoms with Gasteiger partial charge in [-0.05, 0) is 24.8 Å². The summed E-state index contributed by atoms with van der Waals surface area (Å²) in [4.78, 5) is 14.6. The Morgan fingerprint density at radius 1 is 1.42 bits per heavy atom. The van der Waals surface area contributed by atoms with Crippen LogP contribution in [0.5, 0.6) is 0 Å². The van der Waals surface area contributed by atoms with Gasteiger partial charge in [0.15, 0.2) is 0 Å². The summed E-state index contributed by atoms with van der Waals surface area (Å²) >= 11 is 7.57. The van der Waals surface area contributed by atoms with Crippen molar-refractivity contribution in [1.29, 1.82) is 0 Å². The SMILES string of the molecule is O=C(c1csc2ccccc12)N1CCCC(CCl)C1. The van der Waals surface area contributed by atoms with Gasteiger partial charge in [-0.25, -0.2) is 0 Å². The highest BCUT2D eigenvalue weighted by Crippen LogP contribution is 2.28. The lowest BCUT2D eigenvalue weighted by Gasteiger charge is -2.31. The molecule has 1 fully saturated rings. The molecular weight excluding hydrogens is 278 g/mol. The van der Waals surface area contributed by atoms with Crippen molar-refractivity contribution in [1.82, 2.24) is 4.90 Å². The summed E-state index contributed by atoms with van der Waals surface area (Å²) in [6.45, 7) is 1.66. The Labute approximate surface area is 122 Å². The number of nitrogens with zero attached hydrogens (tertiary/aromatic N) is 1. The second kappa shape index (κ2) is 5.51. The third-order valence-corrected chi connectivity index (χ3v) is 5.14. The van der Waals surface area contributed by atoms with E-state index in [4.69, 9.17) is 11.6 Å². The molecular formula is C15H16ClNOS. The standard InChI is InChI=1S/C15H16ClNOS/c16-8-11-4-3-7-17(9-11)15(18)13-10-19-14-6-2-1-5-12(13)14/h1-2,5-6,10-11H,3-4,7-9H2. The number of hydrogen-bond donors (Lipinski definition) is 0. The summed E-state index contributed by atoms with van der Waals surface area (Å²) in [6.07, 6.45) is 2.20. The Hall–Kier alpha value is -1.06. The largest absolute Gasteiger partial charge is 0.338 e. The van der Waals surface area contributed by atoms with E-state index in [9.17, 15) is 4.79 Å². The van der Waals surface area contributed by atoms with Crippen molar-refractivity contribution in [3.8, 4) is 0 Å². The number of benzene rings is 1. The summed E-state index contributed by atoms with van der Waals surface area (Å²) in [5.41, 5.74) is 0.843. The monoisotopic (exact) mass is 293 g/mol. The first-order chi connectivity index (χ1) is 9.29. The maximum absolute atomic E-state index is 12.6. The molecule has 0 aliphatic carbocycles. The number of hydrogen-bond acceptors (Lipinski definition) is 2. The number of thiophene rings is 1. The van der Waals surface area contributed by atoms with E-state index in [1.54, 1.807) is 11.3 Å². The fourth-order valence-corrected chi connectivity index (χ4v) is 3.88. The quantitative estimate of drug-likeness (QED) is 0.767. The summed E-state index contributed by atoms with van der Waals surface area (Å²) in [7, 11) is 0. The Kier molecular flexibility index (Phi) is 3.76. The Morgan fingerprint density at radius 2 is 2.26 bits per heavy atom. The maximum Gasteiger partial charge on any atom is 0.255 e. The third kappa shape index (κ3) is 2.49. The maximum atomic E-state index is 12.6. The molecule has 1 amide bonds. The minimum atomic E-state index is 0.160. The van der Waals surface area contributed by atoms with Gasteiger partial charge >= 0.3 is 0 Å². The van der Waals surface area contributed by atoms with E-state index in [2.05, 4.69) is 6.07 Å². The lowest BCUT2D eigenvalue weighted by Crippen LogP contribution is -2.40. The van der Waals surface area contributed by atoms with Crippen molar-refractivity contribution in [3.05, 3.63) is 35.2 Å². The molecule has 0 saturated carbocycles. The smallest absolute Gasteiger partial charge is 0.255 e. The van der Waals surface area contributed by atoms with Crippen molar-refractivity contribution < 1.29 is 4.79 Å². The minimum absolute atomic E-state index is 0.160. The van der Waals surface area contributed by atoms with Gasteiger partial charge < -0.3 is 4.90 Å². The Balaban J connectivity index is 1.87. The molecule has 1 aliphatic rings. The molecule has 100 valence electrons. The van der Waals surface area contributed by atoms with Gasteiger partial charge in [-0.15, -0.1) is 22.9 Å². The number of piperidine rings is 1. The average Bonchev–Trinajstić information content (AvgIpc) is 2.90. The number of carbonyl (C=O) groups is 1. The van der Waals surface area contributed by atoms with E-state index in [-0.39, 0.29) is 5.91 Å². The van der Waals surface area contributed by atoms with Crippen molar-refractivity contribution in [2.24, 2.45) is 5.92 Å². The molecule has 1 unspecified atom stereocenters. The van der Waals surface area contributed by atoms with Crippen LogP contribution in [0.3, 0.4) is 0 Å². The van der Waals surface area contributed by atoms with Gasteiger partial charge in [0, 0.05) is 34.4 Å². The van der Waals surface area contributed by atoms with Crippen molar-refractivity contribution >= 4 is 38.9 Å². The van der Waals surface area contributed by atoms with Crippen LogP contribution in [0.2, 0.25) is 0 Å². The van der Waals surface area contributed by atoms with E-state index < -0.39 is 0 Å². The van der Waals surface area contributed by atoms with Crippen LogP contribution in [-0.4, -0.2) is 29.8 Å². The first-order valence-corrected chi connectivity index (χ1v) is 8.02. The number of fused-ring (bicyclic) bond motifs is 1. The highest BCUT2D eigenvalue weighted by Gasteiger charge is 2.25. The van der Waals surface area contributed by atoms with E-state index in [0.29, 0.717) is 11.8 Å². The highest BCUT2D eigenvalue weighted by molar-refractivity contribution is 7.17. The van der Waals surface area contributed by atoms with Gasteiger partial charge in [0.1, 0.15) is 0 Å². The molecule has 0 spiro atoms. The van der Waals surface area contributed by atoms with Crippen LogP contribution in [0.15, 0.2) is 29.6 Å². The number of likely N-dealkylation sites (tertiary alicyclic amines) is 1. The van der Waals surface area contributed by atoms with Crippen LogP contribution in [0.1, 0.15) is 23.2 Å². The summed E-state index contributed by atoms with van der Waals surface area (Å²) in [6, 6.07) is 8.09. The van der Waals surface area contributed by atoms with E-state index in [1.807, 2.05) is 28.5 Å². The average molecular weight is 294 g/mol. The fraction of sp³-hybridized carbons (Fsp3) is 0.400.